The number of aliphatic hydroxyl groups is 1. The van der Waals surface area contributed by atoms with Crippen molar-refractivity contribution in [2.24, 2.45) is 0 Å². The standard InChI is InChI=1S/C17H25NO5/c1-13(11-19)18(16(21)23-17(2,3)4)10-15(20)22-12-14-8-6-5-7-9-14/h5-9,13,19H,10-12H2,1-4H3. The summed E-state index contributed by atoms with van der Waals surface area (Å²) >= 11 is 0. The summed E-state index contributed by atoms with van der Waals surface area (Å²) in [6.45, 7) is 6.43. The highest BCUT2D eigenvalue weighted by molar-refractivity contribution is 5.78. The molecule has 0 fully saturated rings. The van der Waals surface area contributed by atoms with Crippen LogP contribution in [0.1, 0.15) is 33.3 Å². The van der Waals surface area contributed by atoms with Gasteiger partial charge in [0, 0.05) is 0 Å². The van der Waals surface area contributed by atoms with E-state index in [-0.39, 0.29) is 19.8 Å². The summed E-state index contributed by atoms with van der Waals surface area (Å²) in [7, 11) is 0. The van der Waals surface area contributed by atoms with Crippen molar-refractivity contribution in [3.8, 4) is 0 Å². The number of amides is 1. The quantitative estimate of drug-likeness (QED) is 0.813. The average Bonchev–Trinajstić information content (AvgIpc) is 2.49. The van der Waals surface area contributed by atoms with E-state index in [0.29, 0.717) is 0 Å². The molecule has 0 radical (unpaired) electrons. The van der Waals surface area contributed by atoms with Crippen LogP contribution in [-0.4, -0.2) is 46.9 Å². The van der Waals surface area contributed by atoms with Gasteiger partial charge in [-0.3, -0.25) is 9.69 Å². The molecule has 0 aliphatic rings. The molecule has 0 aromatic heterocycles. The third kappa shape index (κ3) is 7.15. The van der Waals surface area contributed by atoms with Crippen molar-refractivity contribution < 1.29 is 24.2 Å². The molecular formula is C17H25NO5. The minimum atomic E-state index is -0.682. The van der Waals surface area contributed by atoms with Crippen LogP contribution in [0.15, 0.2) is 30.3 Å². The van der Waals surface area contributed by atoms with Crippen LogP contribution in [0.2, 0.25) is 0 Å². The Morgan fingerprint density at radius 1 is 1.22 bits per heavy atom. The summed E-state index contributed by atoms with van der Waals surface area (Å²) in [5.74, 6) is -0.556. The molecule has 0 heterocycles. The molecule has 0 aliphatic heterocycles. The second-order valence-corrected chi connectivity index (χ2v) is 6.29. The Morgan fingerprint density at radius 2 is 1.83 bits per heavy atom. The average molecular weight is 323 g/mol. The third-order valence-electron chi connectivity index (χ3n) is 2.97. The SMILES string of the molecule is CC(CO)N(CC(=O)OCc1ccccc1)C(=O)OC(C)(C)C. The van der Waals surface area contributed by atoms with Gasteiger partial charge >= 0.3 is 12.1 Å². The number of esters is 1. The molecule has 1 aromatic rings. The van der Waals surface area contributed by atoms with Gasteiger partial charge in [-0.15, -0.1) is 0 Å². The highest BCUT2D eigenvalue weighted by Gasteiger charge is 2.28. The highest BCUT2D eigenvalue weighted by Crippen LogP contribution is 2.12. The van der Waals surface area contributed by atoms with E-state index in [4.69, 9.17) is 9.47 Å². The first-order valence-corrected chi connectivity index (χ1v) is 7.53. The molecule has 0 aliphatic carbocycles. The molecule has 1 amide bonds. The number of ether oxygens (including phenoxy) is 2. The van der Waals surface area contributed by atoms with Crippen LogP contribution in [0.4, 0.5) is 4.79 Å². The van der Waals surface area contributed by atoms with Crippen LogP contribution < -0.4 is 0 Å². The van der Waals surface area contributed by atoms with Crippen molar-refractivity contribution in [3.05, 3.63) is 35.9 Å². The zero-order valence-corrected chi connectivity index (χ0v) is 14.1. The lowest BCUT2D eigenvalue weighted by Gasteiger charge is -2.30. The lowest BCUT2D eigenvalue weighted by atomic mass is 10.2. The van der Waals surface area contributed by atoms with E-state index < -0.39 is 23.7 Å². The number of carbonyl (C=O) groups is 2. The van der Waals surface area contributed by atoms with Gasteiger partial charge in [-0.1, -0.05) is 30.3 Å². The number of hydrogen-bond acceptors (Lipinski definition) is 5. The summed E-state index contributed by atoms with van der Waals surface area (Å²) < 4.78 is 10.4. The Bertz CT molecular complexity index is 509. The van der Waals surface area contributed by atoms with Crippen LogP contribution in [-0.2, 0) is 20.9 Å². The van der Waals surface area contributed by atoms with Crippen LogP contribution in [0.25, 0.3) is 0 Å². The van der Waals surface area contributed by atoms with E-state index >= 15 is 0 Å². The molecule has 1 atom stereocenters. The zero-order chi connectivity index (χ0) is 17.5. The fourth-order valence-electron chi connectivity index (χ4n) is 1.74. The number of rotatable bonds is 6. The van der Waals surface area contributed by atoms with E-state index in [9.17, 15) is 14.7 Å². The van der Waals surface area contributed by atoms with Crippen molar-refractivity contribution in [1.82, 2.24) is 4.90 Å². The lowest BCUT2D eigenvalue weighted by molar-refractivity contribution is -0.146. The normalized spacial score (nSPS) is 12.4. The molecule has 23 heavy (non-hydrogen) atoms. The number of nitrogens with zero attached hydrogens (tertiary/aromatic N) is 1. The number of benzene rings is 1. The molecule has 128 valence electrons. The van der Waals surface area contributed by atoms with E-state index in [0.717, 1.165) is 5.56 Å². The van der Waals surface area contributed by atoms with Crippen molar-refractivity contribution in [2.75, 3.05) is 13.2 Å². The van der Waals surface area contributed by atoms with Gasteiger partial charge < -0.3 is 14.6 Å². The maximum absolute atomic E-state index is 12.2. The largest absolute Gasteiger partial charge is 0.459 e. The Kier molecular flexibility index (Phi) is 7.03. The second kappa shape index (κ2) is 8.53. The summed E-state index contributed by atoms with van der Waals surface area (Å²) in [4.78, 5) is 25.3. The van der Waals surface area contributed by atoms with Gasteiger partial charge in [-0.2, -0.15) is 0 Å². The van der Waals surface area contributed by atoms with Crippen LogP contribution in [0.5, 0.6) is 0 Å². The number of carbonyl (C=O) groups excluding carboxylic acids is 2. The number of hydrogen-bond donors (Lipinski definition) is 1. The maximum Gasteiger partial charge on any atom is 0.411 e. The van der Waals surface area contributed by atoms with Crippen molar-refractivity contribution >= 4 is 12.1 Å². The first kappa shape index (κ1) is 19.0. The molecule has 1 N–H and O–H groups in total. The predicted octanol–water partition coefficient (Wildman–Crippen LogP) is 2.35. The van der Waals surface area contributed by atoms with Crippen molar-refractivity contribution in [1.29, 1.82) is 0 Å². The molecule has 0 spiro atoms. The van der Waals surface area contributed by atoms with E-state index in [1.54, 1.807) is 27.7 Å². The van der Waals surface area contributed by atoms with Gasteiger partial charge in [-0.25, -0.2) is 4.79 Å². The van der Waals surface area contributed by atoms with Gasteiger partial charge in [0.1, 0.15) is 18.8 Å². The fraction of sp³-hybridized carbons (Fsp3) is 0.529. The summed E-state index contributed by atoms with van der Waals surface area (Å²) in [5, 5.41) is 9.27. The van der Waals surface area contributed by atoms with Gasteiger partial charge in [0.05, 0.1) is 12.6 Å². The highest BCUT2D eigenvalue weighted by atomic mass is 16.6. The first-order valence-electron chi connectivity index (χ1n) is 7.53. The van der Waals surface area contributed by atoms with Gasteiger partial charge in [0.15, 0.2) is 0 Å². The fourth-order valence-corrected chi connectivity index (χ4v) is 1.74. The second-order valence-electron chi connectivity index (χ2n) is 6.29. The van der Waals surface area contributed by atoms with Crippen LogP contribution >= 0.6 is 0 Å². The van der Waals surface area contributed by atoms with E-state index in [1.807, 2.05) is 30.3 Å². The Labute approximate surface area is 137 Å². The summed E-state index contributed by atoms with van der Waals surface area (Å²) in [5.41, 5.74) is 0.179. The molecular weight excluding hydrogens is 298 g/mol. The van der Waals surface area contributed by atoms with Crippen LogP contribution in [0.3, 0.4) is 0 Å². The molecule has 0 saturated heterocycles. The predicted molar refractivity (Wildman–Crippen MR) is 85.7 cm³/mol. The Morgan fingerprint density at radius 3 is 2.35 bits per heavy atom. The first-order chi connectivity index (χ1) is 10.7. The molecule has 0 saturated carbocycles. The lowest BCUT2D eigenvalue weighted by Crippen LogP contribution is -2.46. The van der Waals surface area contributed by atoms with E-state index in [2.05, 4.69) is 0 Å². The summed E-state index contributed by atoms with van der Waals surface area (Å²) in [6, 6.07) is 8.71. The monoisotopic (exact) mass is 323 g/mol. The van der Waals surface area contributed by atoms with Crippen molar-refractivity contribution in [3.63, 3.8) is 0 Å². The third-order valence-corrected chi connectivity index (χ3v) is 2.97. The Hall–Kier alpha value is -2.08. The topological polar surface area (TPSA) is 76.1 Å². The molecule has 6 nitrogen and oxygen atoms in total. The smallest absolute Gasteiger partial charge is 0.411 e. The number of aliphatic hydroxyl groups excluding tert-OH is 1. The molecule has 0 bridgehead atoms. The molecule has 1 unspecified atom stereocenters. The van der Waals surface area contributed by atoms with Crippen LogP contribution in [0, 0.1) is 0 Å². The molecule has 1 rings (SSSR count). The van der Waals surface area contributed by atoms with Gasteiger partial charge in [0.2, 0.25) is 0 Å². The zero-order valence-electron chi connectivity index (χ0n) is 14.1. The maximum atomic E-state index is 12.2. The van der Waals surface area contributed by atoms with Crippen molar-refractivity contribution in [2.45, 2.75) is 45.9 Å². The molecule has 1 aromatic carbocycles. The Balaban J connectivity index is 2.62. The minimum absolute atomic E-state index is 0.134. The molecule has 6 heteroatoms. The minimum Gasteiger partial charge on any atom is -0.459 e. The van der Waals surface area contributed by atoms with E-state index in [1.165, 1.54) is 4.90 Å². The van der Waals surface area contributed by atoms with Gasteiger partial charge in [-0.05, 0) is 33.3 Å². The summed E-state index contributed by atoms with van der Waals surface area (Å²) in [6.07, 6.45) is -0.657. The van der Waals surface area contributed by atoms with Gasteiger partial charge in [0.25, 0.3) is 0 Å².